The summed E-state index contributed by atoms with van der Waals surface area (Å²) in [6.45, 7) is 0.191. The molecule has 0 radical (unpaired) electrons. The van der Waals surface area contributed by atoms with Gasteiger partial charge in [0.25, 0.3) is 5.91 Å². The second-order valence-electron chi connectivity index (χ2n) is 5.69. The van der Waals surface area contributed by atoms with Gasteiger partial charge in [0.1, 0.15) is 0 Å². The zero-order valence-electron chi connectivity index (χ0n) is 12.0. The molecule has 1 aliphatic rings. The van der Waals surface area contributed by atoms with Crippen molar-refractivity contribution in [3.63, 3.8) is 0 Å². The number of rotatable bonds is 4. The van der Waals surface area contributed by atoms with Gasteiger partial charge in [0.05, 0.1) is 0 Å². The Labute approximate surface area is 124 Å². The molecule has 1 aromatic carbocycles. The summed E-state index contributed by atoms with van der Waals surface area (Å²) in [5, 5.41) is 14.2. The summed E-state index contributed by atoms with van der Waals surface area (Å²) in [7, 11) is 0. The zero-order valence-corrected chi connectivity index (χ0v) is 12.0. The van der Waals surface area contributed by atoms with Gasteiger partial charge in [-0.3, -0.25) is 9.78 Å². The van der Waals surface area contributed by atoms with E-state index in [1.54, 1.807) is 12.4 Å². The average molecular weight is 284 g/mol. The second-order valence-corrected chi connectivity index (χ2v) is 5.69. The number of amides is 1. The first-order chi connectivity index (χ1) is 10.3. The molecule has 3 rings (SSSR count). The van der Waals surface area contributed by atoms with Crippen molar-refractivity contribution in [1.29, 1.82) is 0 Å². The van der Waals surface area contributed by atoms with Gasteiger partial charge in [0.15, 0.2) is 0 Å². The minimum Gasteiger partial charge on any atom is -0.396 e. The van der Waals surface area contributed by atoms with Crippen LogP contribution in [0.25, 0.3) is 10.8 Å². The smallest absolute Gasteiger partial charge is 0.252 e. The molecule has 2 N–H and O–H groups in total. The predicted molar refractivity (Wildman–Crippen MR) is 82.0 cm³/mol. The number of aromatic nitrogens is 1. The number of fused-ring (bicyclic) bond motifs is 1. The van der Waals surface area contributed by atoms with Crippen LogP contribution >= 0.6 is 0 Å². The number of benzene rings is 1. The lowest BCUT2D eigenvalue weighted by atomic mass is 9.99. The first-order valence-electron chi connectivity index (χ1n) is 7.54. The number of nitrogens with one attached hydrogen (secondary N) is 1. The van der Waals surface area contributed by atoms with Gasteiger partial charge in [-0.15, -0.1) is 0 Å². The molecule has 0 saturated heterocycles. The molecule has 2 aromatic rings. The molecule has 1 heterocycles. The molecule has 2 unspecified atom stereocenters. The fourth-order valence-corrected chi connectivity index (χ4v) is 3.30. The summed E-state index contributed by atoms with van der Waals surface area (Å²) in [5.74, 6) is 0.372. The van der Waals surface area contributed by atoms with Gasteiger partial charge in [0.2, 0.25) is 0 Å². The first-order valence-corrected chi connectivity index (χ1v) is 7.54. The van der Waals surface area contributed by atoms with Gasteiger partial charge in [-0.2, -0.15) is 0 Å². The molecular formula is C17H20N2O2. The molecule has 4 nitrogen and oxygen atoms in total. The highest BCUT2D eigenvalue weighted by molar-refractivity contribution is 6.06. The van der Waals surface area contributed by atoms with E-state index >= 15 is 0 Å². The Hall–Kier alpha value is -1.94. The Morgan fingerprint density at radius 1 is 1.33 bits per heavy atom. The van der Waals surface area contributed by atoms with E-state index in [-0.39, 0.29) is 18.6 Å². The van der Waals surface area contributed by atoms with Gasteiger partial charge in [-0.25, -0.2) is 0 Å². The van der Waals surface area contributed by atoms with E-state index in [0.29, 0.717) is 11.5 Å². The SMILES string of the molecule is O=C(NC1CCCC1CCO)c1cccc2cnccc12. The molecule has 110 valence electrons. The maximum atomic E-state index is 12.6. The fourth-order valence-electron chi connectivity index (χ4n) is 3.30. The van der Waals surface area contributed by atoms with Crippen LogP contribution in [0.3, 0.4) is 0 Å². The Balaban J connectivity index is 1.81. The Kier molecular flexibility index (Phi) is 4.15. The topological polar surface area (TPSA) is 62.2 Å². The van der Waals surface area contributed by atoms with Gasteiger partial charge < -0.3 is 10.4 Å². The van der Waals surface area contributed by atoms with Crippen LogP contribution in [0.5, 0.6) is 0 Å². The quantitative estimate of drug-likeness (QED) is 0.907. The number of carbonyl (C=O) groups excluding carboxylic acids is 1. The highest BCUT2D eigenvalue weighted by Crippen LogP contribution is 2.28. The molecule has 1 aromatic heterocycles. The molecule has 0 aliphatic heterocycles. The van der Waals surface area contributed by atoms with Crippen molar-refractivity contribution >= 4 is 16.7 Å². The van der Waals surface area contributed by atoms with Crippen LogP contribution < -0.4 is 5.32 Å². The summed E-state index contributed by atoms with van der Waals surface area (Å²) >= 11 is 0. The molecule has 2 atom stereocenters. The average Bonchev–Trinajstić information content (AvgIpc) is 2.94. The van der Waals surface area contributed by atoms with Crippen LogP contribution in [0.2, 0.25) is 0 Å². The Morgan fingerprint density at radius 2 is 2.24 bits per heavy atom. The third kappa shape index (κ3) is 2.90. The molecule has 0 bridgehead atoms. The van der Waals surface area contributed by atoms with Gasteiger partial charge in [0, 0.05) is 36.0 Å². The van der Waals surface area contributed by atoms with E-state index in [9.17, 15) is 4.79 Å². The number of hydrogen-bond donors (Lipinski definition) is 2. The molecule has 1 amide bonds. The van der Waals surface area contributed by atoms with Crippen LogP contribution in [-0.2, 0) is 0 Å². The first kappa shape index (κ1) is 14.0. The Morgan fingerprint density at radius 3 is 3.10 bits per heavy atom. The number of aliphatic hydroxyl groups is 1. The number of aliphatic hydroxyl groups excluding tert-OH is 1. The van der Waals surface area contributed by atoms with Crippen molar-refractivity contribution in [2.45, 2.75) is 31.7 Å². The number of carbonyl (C=O) groups is 1. The predicted octanol–water partition coefficient (Wildman–Crippen LogP) is 2.52. The van der Waals surface area contributed by atoms with Crippen LogP contribution in [0.4, 0.5) is 0 Å². The summed E-state index contributed by atoms with van der Waals surface area (Å²) in [5.41, 5.74) is 0.699. The largest absolute Gasteiger partial charge is 0.396 e. The minimum absolute atomic E-state index is 0.0263. The molecule has 0 spiro atoms. The standard InChI is InChI=1S/C17H20N2O2/c20-10-8-12-3-2-6-16(12)19-17(21)15-5-1-4-13-11-18-9-7-14(13)15/h1,4-5,7,9,11-12,16,20H,2-3,6,8,10H2,(H,19,21). The van der Waals surface area contributed by atoms with Crippen LogP contribution in [0.15, 0.2) is 36.7 Å². The molecule has 1 fully saturated rings. The van der Waals surface area contributed by atoms with Gasteiger partial charge in [-0.05, 0) is 42.7 Å². The number of hydrogen-bond acceptors (Lipinski definition) is 3. The Bertz CT molecular complexity index is 636. The second kappa shape index (κ2) is 6.22. The maximum absolute atomic E-state index is 12.6. The lowest BCUT2D eigenvalue weighted by Gasteiger charge is -2.20. The van der Waals surface area contributed by atoms with Gasteiger partial charge >= 0.3 is 0 Å². The number of nitrogens with zero attached hydrogens (tertiary/aromatic N) is 1. The maximum Gasteiger partial charge on any atom is 0.252 e. The summed E-state index contributed by atoms with van der Waals surface area (Å²) in [4.78, 5) is 16.7. The van der Waals surface area contributed by atoms with E-state index in [1.807, 2.05) is 24.3 Å². The molecule has 4 heteroatoms. The van der Waals surface area contributed by atoms with Crippen LogP contribution in [-0.4, -0.2) is 28.6 Å². The monoisotopic (exact) mass is 284 g/mol. The summed E-state index contributed by atoms with van der Waals surface area (Å²) < 4.78 is 0. The third-order valence-corrected chi connectivity index (χ3v) is 4.40. The van der Waals surface area contributed by atoms with Crippen molar-refractivity contribution in [3.8, 4) is 0 Å². The van der Waals surface area contributed by atoms with E-state index in [4.69, 9.17) is 5.11 Å². The van der Waals surface area contributed by atoms with Crippen molar-refractivity contribution in [2.24, 2.45) is 5.92 Å². The molecule has 21 heavy (non-hydrogen) atoms. The van der Waals surface area contributed by atoms with E-state index < -0.39 is 0 Å². The molecule has 1 aliphatic carbocycles. The molecular weight excluding hydrogens is 264 g/mol. The fraction of sp³-hybridized carbons (Fsp3) is 0.412. The lowest BCUT2D eigenvalue weighted by molar-refractivity contribution is 0.0924. The van der Waals surface area contributed by atoms with Crippen LogP contribution in [0, 0.1) is 5.92 Å². The summed E-state index contributed by atoms with van der Waals surface area (Å²) in [6, 6.07) is 7.77. The van der Waals surface area contributed by atoms with Crippen molar-refractivity contribution < 1.29 is 9.90 Å². The normalized spacial score (nSPS) is 21.6. The van der Waals surface area contributed by atoms with Crippen LogP contribution in [0.1, 0.15) is 36.0 Å². The van der Waals surface area contributed by atoms with Crippen molar-refractivity contribution in [2.75, 3.05) is 6.61 Å². The van der Waals surface area contributed by atoms with E-state index in [0.717, 1.165) is 36.5 Å². The van der Waals surface area contributed by atoms with Crippen molar-refractivity contribution in [3.05, 3.63) is 42.2 Å². The summed E-state index contributed by atoms with van der Waals surface area (Å²) in [6.07, 6.45) is 7.46. The zero-order chi connectivity index (χ0) is 14.7. The number of pyridine rings is 1. The van der Waals surface area contributed by atoms with Crippen molar-refractivity contribution in [1.82, 2.24) is 10.3 Å². The highest BCUT2D eigenvalue weighted by atomic mass is 16.3. The third-order valence-electron chi connectivity index (χ3n) is 4.40. The van der Waals surface area contributed by atoms with E-state index in [1.165, 1.54) is 0 Å². The molecule has 1 saturated carbocycles. The van der Waals surface area contributed by atoms with E-state index in [2.05, 4.69) is 10.3 Å². The highest BCUT2D eigenvalue weighted by Gasteiger charge is 2.28. The van der Waals surface area contributed by atoms with Gasteiger partial charge in [-0.1, -0.05) is 18.6 Å². The lowest BCUT2D eigenvalue weighted by Crippen LogP contribution is -2.37. The minimum atomic E-state index is -0.0263.